The highest BCUT2D eigenvalue weighted by atomic mass is 16.3. The predicted octanol–water partition coefficient (Wildman–Crippen LogP) is 7.36. The fourth-order valence-corrected chi connectivity index (χ4v) is 5.24. The van der Waals surface area contributed by atoms with E-state index in [0.717, 1.165) is 38.7 Å². The van der Waals surface area contributed by atoms with Gasteiger partial charge in [0.25, 0.3) is 0 Å². The average molecular weight is 462 g/mol. The van der Waals surface area contributed by atoms with Crippen molar-refractivity contribution in [3.63, 3.8) is 0 Å². The molecule has 172 valence electrons. The van der Waals surface area contributed by atoms with Crippen LogP contribution in [0.2, 0.25) is 0 Å². The number of aromatic nitrogens is 1. The van der Waals surface area contributed by atoms with Gasteiger partial charge < -0.3 is 4.42 Å². The molecule has 0 bridgehead atoms. The molecule has 0 radical (unpaired) electrons. The quantitative estimate of drug-likeness (QED) is 0.258. The summed E-state index contributed by atoms with van der Waals surface area (Å²) in [5.74, 6) is 0. The lowest BCUT2D eigenvalue weighted by Crippen LogP contribution is -2.30. The van der Waals surface area contributed by atoms with Crippen LogP contribution in [0.1, 0.15) is 47.1 Å². The second-order valence-electron chi connectivity index (χ2n) is 10.0. The molecule has 3 aromatic carbocycles. The second kappa shape index (κ2) is 7.55. The third kappa shape index (κ3) is 3.36. The first kappa shape index (κ1) is 17.5. The highest BCUT2D eigenvalue weighted by molar-refractivity contribution is 6.14. The largest absolute Gasteiger partial charge is 0.454 e. The van der Waals surface area contributed by atoms with Crippen molar-refractivity contribution >= 4 is 21.9 Å². The Balaban J connectivity index is 1.68. The molecule has 2 heterocycles. The summed E-state index contributed by atoms with van der Waals surface area (Å²) < 4.78 is 43.8. The molecule has 1 aliphatic rings. The molecule has 0 unspecified atom stereocenters. The Morgan fingerprint density at radius 2 is 1.63 bits per heavy atom. The summed E-state index contributed by atoms with van der Waals surface area (Å²) in [6.07, 6.45) is -1.71. The molecule has 5 aromatic rings. The molecule has 1 aliphatic carbocycles. The SMILES string of the molecule is [2H]C1([2H])c2ccc(-c3c(C#N)ccc4c3oc3c(-c5cc(C)cc[n+]5C)c(C)ccc34)cc2C([2H])([2H])C1(C)C. The number of nitriles is 1. The van der Waals surface area contributed by atoms with E-state index in [1.807, 2.05) is 25.4 Å². The Kier molecular flexibility index (Phi) is 3.78. The van der Waals surface area contributed by atoms with Gasteiger partial charge in [0, 0.05) is 34.0 Å². The van der Waals surface area contributed by atoms with E-state index >= 15 is 0 Å². The van der Waals surface area contributed by atoms with Crippen molar-refractivity contribution in [1.82, 2.24) is 0 Å². The lowest BCUT2D eigenvalue weighted by atomic mass is 9.90. The molecule has 0 saturated carbocycles. The van der Waals surface area contributed by atoms with E-state index in [-0.39, 0.29) is 0 Å². The van der Waals surface area contributed by atoms with Crippen LogP contribution in [0, 0.1) is 30.6 Å². The van der Waals surface area contributed by atoms with E-state index in [1.165, 1.54) is 0 Å². The molecule has 0 spiro atoms. The third-order valence-corrected chi connectivity index (χ3v) is 6.90. The van der Waals surface area contributed by atoms with E-state index in [0.29, 0.717) is 33.4 Å². The zero-order chi connectivity index (χ0) is 28.1. The number of hydrogen-bond donors (Lipinski definition) is 0. The Morgan fingerprint density at radius 1 is 0.914 bits per heavy atom. The van der Waals surface area contributed by atoms with Crippen molar-refractivity contribution in [2.45, 2.75) is 40.4 Å². The maximum atomic E-state index is 10.1. The zero-order valence-corrected chi connectivity index (χ0v) is 20.6. The maximum Gasteiger partial charge on any atom is 0.216 e. The molecule has 3 heteroatoms. The van der Waals surface area contributed by atoms with Crippen LogP contribution in [0.15, 0.2) is 65.2 Å². The van der Waals surface area contributed by atoms with E-state index in [4.69, 9.17) is 9.90 Å². The molecule has 3 nitrogen and oxygen atoms in total. The number of fused-ring (bicyclic) bond motifs is 4. The normalized spacial score (nSPS) is 19.0. The molecule has 0 fully saturated rings. The van der Waals surface area contributed by atoms with Crippen molar-refractivity contribution in [2.24, 2.45) is 12.5 Å². The molecule has 0 atom stereocenters. The Hall–Kier alpha value is -3.90. The van der Waals surface area contributed by atoms with E-state index in [1.54, 1.807) is 38.1 Å². The van der Waals surface area contributed by atoms with E-state index < -0.39 is 18.2 Å². The first-order valence-corrected chi connectivity index (χ1v) is 11.8. The highest BCUT2D eigenvalue weighted by Gasteiger charge is 2.29. The van der Waals surface area contributed by atoms with Crippen molar-refractivity contribution in [3.8, 4) is 28.5 Å². The van der Waals surface area contributed by atoms with Gasteiger partial charge in [-0.05, 0) is 72.0 Å². The molecule has 0 N–H and O–H groups in total. The number of rotatable bonds is 2. The fraction of sp³-hybridized carbons (Fsp3) is 0.250. The lowest BCUT2D eigenvalue weighted by Gasteiger charge is -2.14. The molecule has 0 saturated heterocycles. The van der Waals surface area contributed by atoms with Crippen molar-refractivity contribution in [3.05, 3.63) is 88.6 Å². The Labute approximate surface area is 211 Å². The summed E-state index contributed by atoms with van der Waals surface area (Å²) >= 11 is 0. The summed E-state index contributed by atoms with van der Waals surface area (Å²) in [6.45, 7) is 7.38. The van der Waals surface area contributed by atoms with Crippen LogP contribution >= 0.6 is 0 Å². The van der Waals surface area contributed by atoms with Gasteiger partial charge in [-0.1, -0.05) is 44.2 Å². The van der Waals surface area contributed by atoms with Crippen LogP contribution < -0.4 is 4.57 Å². The van der Waals surface area contributed by atoms with Gasteiger partial charge in [-0.25, -0.2) is 4.57 Å². The van der Waals surface area contributed by atoms with Gasteiger partial charge in [0.1, 0.15) is 18.2 Å². The van der Waals surface area contributed by atoms with Crippen LogP contribution in [0.5, 0.6) is 0 Å². The standard InChI is InChI=1S/C32H29N2O/c1-19-12-13-34(5)27(14-19)28-20(2)6-10-25-26-11-9-23(18-33)29(31(26)35-30(25)28)21-7-8-22-16-32(3,4)17-24(22)15-21/h6-15H,16-17H2,1-5H3/q+1/i16D2,17D2. The molecule has 0 aliphatic heterocycles. The Bertz CT molecular complexity index is 1890. The van der Waals surface area contributed by atoms with Crippen LogP contribution in [0.25, 0.3) is 44.3 Å². The van der Waals surface area contributed by atoms with Gasteiger partial charge in [-0.2, -0.15) is 5.26 Å². The number of aryl methyl sites for hydroxylation is 3. The van der Waals surface area contributed by atoms with Crippen molar-refractivity contribution in [1.29, 1.82) is 5.26 Å². The van der Waals surface area contributed by atoms with Crippen LogP contribution in [0.3, 0.4) is 0 Å². The van der Waals surface area contributed by atoms with Gasteiger partial charge >= 0.3 is 0 Å². The first-order valence-electron chi connectivity index (χ1n) is 13.8. The molecule has 0 amide bonds. The molecule has 2 aromatic heterocycles. The average Bonchev–Trinajstić information content (AvgIpc) is 3.31. The Morgan fingerprint density at radius 3 is 2.40 bits per heavy atom. The van der Waals surface area contributed by atoms with Crippen LogP contribution in [-0.2, 0) is 19.8 Å². The van der Waals surface area contributed by atoms with Crippen molar-refractivity contribution < 1.29 is 14.5 Å². The topological polar surface area (TPSA) is 40.8 Å². The van der Waals surface area contributed by atoms with Gasteiger partial charge in [0.15, 0.2) is 6.20 Å². The third-order valence-electron chi connectivity index (χ3n) is 6.90. The monoisotopic (exact) mass is 461 g/mol. The first-order chi connectivity index (χ1) is 18.3. The predicted molar refractivity (Wildman–Crippen MR) is 141 cm³/mol. The molecule has 6 rings (SSSR count). The van der Waals surface area contributed by atoms with Crippen LogP contribution in [-0.4, -0.2) is 0 Å². The molecular formula is C32H29N2O+. The zero-order valence-electron chi connectivity index (χ0n) is 24.6. The summed E-state index contributed by atoms with van der Waals surface area (Å²) in [5, 5.41) is 11.9. The summed E-state index contributed by atoms with van der Waals surface area (Å²) in [7, 11) is 2.01. The fourth-order valence-electron chi connectivity index (χ4n) is 5.24. The minimum absolute atomic E-state index is 0.315. The van der Waals surface area contributed by atoms with E-state index in [9.17, 15) is 5.26 Å². The van der Waals surface area contributed by atoms with E-state index in [2.05, 4.69) is 42.7 Å². The van der Waals surface area contributed by atoms with Gasteiger partial charge in [0.05, 0.1) is 17.2 Å². The number of hydrogen-bond acceptors (Lipinski definition) is 2. The van der Waals surface area contributed by atoms with Gasteiger partial charge in [-0.15, -0.1) is 0 Å². The smallest absolute Gasteiger partial charge is 0.216 e. The van der Waals surface area contributed by atoms with Gasteiger partial charge in [-0.3, -0.25) is 0 Å². The number of nitrogens with zero attached hydrogens (tertiary/aromatic N) is 2. The summed E-state index contributed by atoms with van der Waals surface area (Å²) in [4.78, 5) is 0. The maximum absolute atomic E-state index is 10.1. The second-order valence-corrected chi connectivity index (χ2v) is 10.0. The number of benzene rings is 3. The lowest BCUT2D eigenvalue weighted by molar-refractivity contribution is -0.660. The van der Waals surface area contributed by atoms with Crippen molar-refractivity contribution in [2.75, 3.05) is 0 Å². The minimum Gasteiger partial charge on any atom is -0.454 e. The summed E-state index contributed by atoms with van der Waals surface area (Å²) in [5.41, 5.74) is 6.55. The van der Waals surface area contributed by atoms with Crippen LogP contribution in [0.4, 0.5) is 0 Å². The minimum atomic E-state index is -1.90. The van der Waals surface area contributed by atoms with Gasteiger partial charge in [0.2, 0.25) is 5.69 Å². The molecule has 35 heavy (non-hydrogen) atoms. The number of furan rings is 1. The highest BCUT2D eigenvalue weighted by Crippen LogP contribution is 2.44. The summed E-state index contributed by atoms with van der Waals surface area (Å²) in [6, 6.07) is 19.5. The number of pyridine rings is 1. The molecular weight excluding hydrogens is 428 g/mol.